The molecule has 0 atom stereocenters. The van der Waals surface area contributed by atoms with Gasteiger partial charge in [-0.25, -0.2) is 0 Å². The first-order valence-corrected chi connectivity index (χ1v) is 7.62. The van der Waals surface area contributed by atoms with Crippen LogP contribution in [0.5, 0.6) is 17.2 Å². The Hall–Kier alpha value is -1.64. The first-order chi connectivity index (χ1) is 10.6. The molecule has 0 fully saturated rings. The van der Waals surface area contributed by atoms with Crippen LogP contribution in [0.4, 0.5) is 0 Å². The molecule has 3 rings (SSSR count). The molecule has 0 bridgehead atoms. The maximum absolute atomic E-state index is 12.4. The van der Waals surface area contributed by atoms with Crippen molar-refractivity contribution in [2.24, 2.45) is 0 Å². The molecular weight excluding hydrogens is 450 g/mol. The van der Waals surface area contributed by atoms with Gasteiger partial charge in [0.1, 0.15) is 34.5 Å². The van der Waals surface area contributed by atoms with Crippen LogP contribution >= 0.6 is 22.6 Å². The van der Waals surface area contributed by atoms with Crippen molar-refractivity contribution in [3.63, 3.8) is 0 Å². The Morgan fingerprint density at radius 2 is 1.57 bits per heavy atom. The standard InChI is InChI=1S/C15H10O5.CH2I.V/c16-9-3-1-8(2-4-9)11-7-20-13-6-10(17)5-12(18)14(13)15(11)19;1-2;/h1-7,16-18H;1H2;/q;-1;. The van der Waals surface area contributed by atoms with Gasteiger partial charge in [0, 0.05) is 30.7 Å². The monoisotopic (exact) mass is 462 g/mol. The predicted octanol–water partition coefficient (Wildman–Crippen LogP) is 3.79. The zero-order chi connectivity index (χ0) is 16.3. The van der Waals surface area contributed by atoms with Crippen LogP contribution in [0.15, 0.2) is 51.9 Å². The average Bonchev–Trinajstić information content (AvgIpc) is 2.50. The van der Waals surface area contributed by atoms with Crippen LogP contribution in [0.1, 0.15) is 0 Å². The van der Waals surface area contributed by atoms with Crippen molar-refractivity contribution < 1.29 is 38.3 Å². The van der Waals surface area contributed by atoms with Gasteiger partial charge in [-0.3, -0.25) is 9.73 Å². The van der Waals surface area contributed by atoms with Crippen LogP contribution in [0.25, 0.3) is 22.1 Å². The summed E-state index contributed by atoms with van der Waals surface area (Å²) in [6.45, 7) is 0. The minimum atomic E-state index is -0.408. The quantitative estimate of drug-likeness (QED) is 0.379. The molecular formula is C16H12IO5V-. The molecule has 0 aliphatic carbocycles. The molecule has 5 nitrogen and oxygen atoms in total. The van der Waals surface area contributed by atoms with Gasteiger partial charge in [-0.05, 0) is 17.7 Å². The van der Waals surface area contributed by atoms with E-state index in [1.807, 2.05) is 22.6 Å². The molecule has 0 aliphatic rings. The van der Waals surface area contributed by atoms with E-state index in [0.717, 1.165) is 6.07 Å². The largest absolute Gasteiger partial charge is 0.508 e. The summed E-state index contributed by atoms with van der Waals surface area (Å²) in [4.78, 5) is 15.6. The zero-order valence-corrected chi connectivity index (χ0v) is 15.3. The summed E-state index contributed by atoms with van der Waals surface area (Å²) in [6, 6.07) is 8.40. The molecule has 0 amide bonds. The van der Waals surface area contributed by atoms with Gasteiger partial charge < -0.3 is 42.3 Å². The van der Waals surface area contributed by atoms with Gasteiger partial charge in [-0.1, -0.05) is 12.1 Å². The van der Waals surface area contributed by atoms with Crippen LogP contribution in [0.3, 0.4) is 0 Å². The van der Waals surface area contributed by atoms with Crippen LogP contribution in [0.2, 0.25) is 0 Å². The van der Waals surface area contributed by atoms with Crippen molar-refractivity contribution in [2.75, 3.05) is 0 Å². The summed E-state index contributed by atoms with van der Waals surface area (Å²) in [5.74, 6) is -0.434. The number of benzene rings is 2. The van der Waals surface area contributed by atoms with Gasteiger partial charge in [-0.15, -0.1) is 0 Å². The number of fused-ring (bicyclic) bond motifs is 1. The fraction of sp³-hybridized carbons (Fsp3) is 0. The third-order valence-corrected chi connectivity index (χ3v) is 3.02. The molecule has 3 N–H and O–H groups in total. The summed E-state index contributed by atoms with van der Waals surface area (Å²) in [7, 11) is 0. The molecule has 3 aromatic rings. The maximum atomic E-state index is 12.4. The third kappa shape index (κ3) is 4.01. The number of rotatable bonds is 1. The van der Waals surface area contributed by atoms with E-state index in [-0.39, 0.29) is 52.3 Å². The van der Waals surface area contributed by atoms with E-state index in [9.17, 15) is 20.1 Å². The maximum Gasteiger partial charge on any atom is 0.204 e. The van der Waals surface area contributed by atoms with E-state index < -0.39 is 5.43 Å². The number of hydrogen-bond acceptors (Lipinski definition) is 5. The minimum Gasteiger partial charge on any atom is -0.508 e. The summed E-state index contributed by atoms with van der Waals surface area (Å²) in [6.07, 6.45) is 1.26. The summed E-state index contributed by atoms with van der Waals surface area (Å²) >= 11 is 1.90. The van der Waals surface area contributed by atoms with E-state index in [0.29, 0.717) is 5.56 Å². The van der Waals surface area contributed by atoms with Crippen molar-refractivity contribution in [1.29, 1.82) is 0 Å². The Morgan fingerprint density at radius 3 is 2.17 bits per heavy atom. The second kappa shape index (κ2) is 8.28. The van der Waals surface area contributed by atoms with Gasteiger partial charge in [0.2, 0.25) is 5.43 Å². The van der Waals surface area contributed by atoms with E-state index in [4.69, 9.17) is 4.42 Å². The molecule has 0 saturated carbocycles. The topological polar surface area (TPSA) is 90.9 Å². The molecule has 1 heterocycles. The third-order valence-electron chi connectivity index (χ3n) is 3.02. The Morgan fingerprint density at radius 1 is 0.957 bits per heavy atom. The summed E-state index contributed by atoms with van der Waals surface area (Å²) < 4.78 is 5.29. The van der Waals surface area contributed by atoms with Crippen LogP contribution in [-0.4, -0.2) is 15.3 Å². The Bertz CT molecular complexity index is 859. The predicted molar refractivity (Wildman–Crippen MR) is 92.3 cm³/mol. The Kier molecular flexibility index (Phi) is 6.99. The zero-order valence-electron chi connectivity index (χ0n) is 11.7. The van der Waals surface area contributed by atoms with E-state index in [1.54, 1.807) is 12.1 Å². The first kappa shape index (κ1) is 19.4. The van der Waals surface area contributed by atoms with Crippen molar-refractivity contribution in [1.82, 2.24) is 0 Å². The van der Waals surface area contributed by atoms with E-state index in [2.05, 4.69) is 4.93 Å². The molecule has 119 valence electrons. The van der Waals surface area contributed by atoms with Crippen LogP contribution in [-0.2, 0) is 18.6 Å². The van der Waals surface area contributed by atoms with Crippen molar-refractivity contribution in [2.45, 2.75) is 0 Å². The van der Waals surface area contributed by atoms with Crippen molar-refractivity contribution in [3.05, 3.63) is 57.8 Å². The van der Waals surface area contributed by atoms with Gasteiger partial charge >= 0.3 is 0 Å². The SMILES string of the molecule is O=c1c(-c2ccc(O)cc2)coc2cc(O)cc(O)c12.[CH2-]I.[V]. The second-order valence-electron chi connectivity index (χ2n) is 4.36. The minimum absolute atomic E-state index is 0. The van der Waals surface area contributed by atoms with Gasteiger partial charge in [-0.2, -0.15) is 0 Å². The average molecular weight is 462 g/mol. The van der Waals surface area contributed by atoms with Crippen molar-refractivity contribution >= 4 is 33.6 Å². The molecule has 0 saturated heterocycles. The second-order valence-corrected chi connectivity index (χ2v) is 4.36. The van der Waals surface area contributed by atoms with Gasteiger partial charge in [0.25, 0.3) is 0 Å². The normalized spacial score (nSPS) is 9.65. The molecule has 7 heteroatoms. The molecule has 1 radical (unpaired) electrons. The van der Waals surface area contributed by atoms with E-state index >= 15 is 0 Å². The number of halogens is 1. The van der Waals surface area contributed by atoms with Crippen molar-refractivity contribution in [3.8, 4) is 28.4 Å². The fourth-order valence-electron chi connectivity index (χ4n) is 2.06. The number of phenols is 3. The van der Waals surface area contributed by atoms with E-state index in [1.165, 1.54) is 24.5 Å². The molecule has 1 aromatic heterocycles. The number of hydrogen-bond donors (Lipinski definition) is 3. The van der Waals surface area contributed by atoms with Crippen LogP contribution in [0, 0.1) is 4.93 Å². The smallest absolute Gasteiger partial charge is 0.204 e. The molecule has 2 aromatic carbocycles. The molecule has 23 heavy (non-hydrogen) atoms. The number of phenolic OH excluding ortho intramolecular Hbond substituents is 3. The molecule has 0 unspecified atom stereocenters. The molecule has 0 aliphatic heterocycles. The summed E-state index contributed by atoms with van der Waals surface area (Å²) in [5, 5.41) is 28.4. The van der Waals surface area contributed by atoms with Gasteiger partial charge in [0.05, 0.1) is 5.56 Å². The first-order valence-electron chi connectivity index (χ1n) is 6.10. The summed E-state index contributed by atoms with van der Waals surface area (Å²) in [5.41, 5.74) is 0.522. The molecule has 0 spiro atoms. The Labute approximate surface area is 157 Å². The van der Waals surface area contributed by atoms with Crippen LogP contribution < -0.4 is 5.43 Å². The number of aromatic hydroxyl groups is 3. The Balaban J connectivity index is 0.000000849. The fourth-order valence-corrected chi connectivity index (χ4v) is 2.06. The van der Waals surface area contributed by atoms with Gasteiger partial charge in [0.15, 0.2) is 0 Å².